The van der Waals surface area contributed by atoms with Crippen LogP contribution in [0.1, 0.15) is 5.56 Å². The van der Waals surface area contributed by atoms with Crippen LogP contribution in [0.25, 0.3) is 22.2 Å². The van der Waals surface area contributed by atoms with Crippen LogP contribution in [0, 0.1) is 6.92 Å². The molecule has 0 radical (unpaired) electrons. The average molecular weight is 555 g/mol. The second kappa shape index (κ2) is 10.6. The van der Waals surface area contributed by atoms with Gasteiger partial charge in [-0.1, -0.05) is 41.9 Å². The Hall–Kier alpha value is -4.28. The van der Waals surface area contributed by atoms with Crippen molar-refractivity contribution >= 4 is 63.2 Å². The zero-order valence-corrected chi connectivity index (χ0v) is 22.5. The summed E-state index contributed by atoms with van der Waals surface area (Å²) in [6.45, 7) is 5.34. The van der Waals surface area contributed by atoms with E-state index in [0.717, 1.165) is 5.56 Å². The van der Waals surface area contributed by atoms with Crippen molar-refractivity contribution in [3.05, 3.63) is 69.1 Å². The van der Waals surface area contributed by atoms with Gasteiger partial charge in [0.25, 0.3) is 5.56 Å². The highest BCUT2D eigenvalue weighted by molar-refractivity contribution is 6.41. The highest BCUT2D eigenvalue weighted by Gasteiger charge is 2.25. The monoisotopic (exact) mass is 554 g/mol. The molecule has 0 aliphatic heterocycles. The number of aryl methyl sites for hydroxylation is 2. The lowest BCUT2D eigenvalue weighted by Crippen LogP contribution is -2.22. The van der Waals surface area contributed by atoms with Crippen molar-refractivity contribution in [2.24, 2.45) is 7.05 Å². The molecular formula is C26H24Cl2N6O4. The van der Waals surface area contributed by atoms with Crippen LogP contribution < -0.4 is 31.4 Å². The Balaban J connectivity index is 1.89. The lowest BCUT2D eigenvalue weighted by Gasteiger charge is -2.18. The number of nitrogen functional groups attached to an aromatic ring is 1. The normalized spacial score (nSPS) is 10.8. The number of benzene rings is 2. The number of nitrogens with zero attached hydrogens (tertiary/aromatic N) is 3. The number of methoxy groups -OCH3 is 2. The Morgan fingerprint density at radius 1 is 1.16 bits per heavy atom. The predicted octanol–water partition coefficient (Wildman–Crippen LogP) is 5.08. The first-order valence-corrected chi connectivity index (χ1v) is 11.9. The minimum Gasteiger partial charge on any atom is -0.495 e. The fourth-order valence-electron chi connectivity index (χ4n) is 3.97. The van der Waals surface area contributed by atoms with Crippen molar-refractivity contribution in [3.8, 4) is 22.6 Å². The maximum Gasteiger partial charge on any atom is 0.262 e. The third kappa shape index (κ3) is 4.59. The second-order valence-corrected chi connectivity index (χ2v) is 8.94. The fraction of sp³-hybridized carbons (Fsp3) is 0.154. The molecule has 2 heterocycles. The average Bonchev–Trinajstić information content (AvgIpc) is 2.91. The molecule has 0 aliphatic carbocycles. The number of carbonyl (C=O) groups excluding carboxylic acids is 1. The van der Waals surface area contributed by atoms with Gasteiger partial charge in [-0.25, -0.2) is 4.98 Å². The van der Waals surface area contributed by atoms with E-state index in [2.05, 4.69) is 27.2 Å². The lowest BCUT2D eigenvalue weighted by atomic mass is 10.0. The number of hydrogen-bond donors (Lipinski definition) is 3. The fourth-order valence-corrected chi connectivity index (χ4v) is 4.66. The van der Waals surface area contributed by atoms with E-state index in [1.807, 2.05) is 13.0 Å². The highest BCUT2D eigenvalue weighted by Crippen LogP contribution is 2.47. The highest BCUT2D eigenvalue weighted by atomic mass is 35.5. The van der Waals surface area contributed by atoms with Crippen molar-refractivity contribution in [1.82, 2.24) is 14.5 Å². The zero-order chi connectivity index (χ0) is 27.7. The van der Waals surface area contributed by atoms with Gasteiger partial charge in [0.05, 0.1) is 52.3 Å². The van der Waals surface area contributed by atoms with Crippen molar-refractivity contribution in [1.29, 1.82) is 0 Å². The number of amides is 1. The van der Waals surface area contributed by atoms with E-state index in [-0.39, 0.29) is 55.9 Å². The molecule has 196 valence electrons. The first-order valence-electron chi connectivity index (χ1n) is 11.2. The maximum absolute atomic E-state index is 13.6. The van der Waals surface area contributed by atoms with Gasteiger partial charge in [0, 0.05) is 24.9 Å². The third-order valence-electron chi connectivity index (χ3n) is 5.94. The molecule has 10 nitrogen and oxygen atoms in total. The Morgan fingerprint density at radius 2 is 1.82 bits per heavy atom. The van der Waals surface area contributed by atoms with Gasteiger partial charge < -0.3 is 25.8 Å². The Bertz CT molecular complexity index is 1640. The van der Waals surface area contributed by atoms with E-state index in [0.29, 0.717) is 16.8 Å². The Morgan fingerprint density at radius 3 is 2.42 bits per heavy atom. The number of rotatable bonds is 7. The minimum absolute atomic E-state index is 0.0600. The van der Waals surface area contributed by atoms with Gasteiger partial charge in [-0.3, -0.25) is 14.2 Å². The van der Waals surface area contributed by atoms with Crippen molar-refractivity contribution in [2.75, 3.05) is 30.6 Å². The SMILES string of the molecule is C=CC(=O)Nc1cccc(C)c1Nc1ncc2c(N)c(-c3c(Cl)c(OC)cc(OC)c3Cl)c(=O)n(C)c2n1. The number of nitrogens with one attached hydrogen (secondary N) is 2. The van der Waals surface area contributed by atoms with Gasteiger partial charge in [-0.05, 0) is 24.6 Å². The van der Waals surface area contributed by atoms with Gasteiger partial charge in [0.15, 0.2) is 0 Å². The Kier molecular flexibility index (Phi) is 7.47. The van der Waals surface area contributed by atoms with Gasteiger partial charge in [0.2, 0.25) is 11.9 Å². The van der Waals surface area contributed by atoms with Crippen LogP contribution in [0.2, 0.25) is 10.0 Å². The summed E-state index contributed by atoms with van der Waals surface area (Å²) in [6, 6.07) is 6.92. The van der Waals surface area contributed by atoms with E-state index in [1.165, 1.54) is 37.1 Å². The number of anilines is 4. The summed E-state index contributed by atoms with van der Waals surface area (Å²) in [5.74, 6) is 0.338. The van der Waals surface area contributed by atoms with Crippen LogP contribution in [0.4, 0.5) is 23.0 Å². The van der Waals surface area contributed by atoms with Crippen LogP contribution >= 0.6 is 23.2 Å². The van der Waals surface area contributed by atoms with E-state index < -0.39 is 5.56 Å². The number of para-hydroxylation sites is 1. The summed E-state index contributed by atoms with van der Waals surface area (Å²) in [5.41, 5.74) is 8.51. The number of halogens is 2. The van der Waals surface area contributed by atoms with Gasteiger partial charge in [0.1, 0.15) is 17.1 Å². The molecule has 0 bridgehead atoms. The van der Waals surface area contributed by atoms with Gasteiger partial charge in [-0.2, -0.15) is 4.98 Å². The van der Waals surface area contributed by atoms with E-state index in [9.17, 15) is 9.59 Å². The molecule has 2 aromatic heterocycles. The molecule has 4 rings (SSSR count). The van der Waals surface area contributed by atoms with Crippen molar-refractivity contribution in [2.45, 2.75) is 6.92 Å². The summed E-state index contributed by atoms with van der Waals surface area (Å²) in [4.78, 5) is 34.4. The van der Waals surface area contributed by atoms with Crippen LogP contribution in [0.5, 0.6) is 11.5 Å². The van der Waals surface area contributed by atoms with Gasteiger partial charge in [-0.15, -0.1) is 0 Å². The molecule has 0 atom stereocenters. The molecule has 0 fully saturated rings. The molecule has 1 amide bonds. The summed E-state index contributed by atoms with van der Waals surface area (Å²) < 4.78 is 12.0. The van der Waals surface area contributed by atoms with E-state index in [1.54, 1.807) is 19.2 Å². The molecule has 0 saturated carbocycles. The number of fused-ring (bicyclic) bond motifs is 1. The number of ether oxygens (including phenoxy) is 2. The number of carbonyl (C=O) groups is 1. The largest absolute Gasteiger partial charge is 0.495 e. The smallest absolute Gasteiger partial charge is 0.262 e. The van der Waals surface area contributed by atoms with Gasteiger partial charge >= 0.3 is 0 Å². The van der Waals surface area contributed by atoms with E-state index >= 15 is 0 Å². The summed E-state index contributed by atoms with van der Waals surface area (Å²) >= 11 is 13.1. The van der Waals surface area contributed by atoms with E-state index in [4.69, 9.17) is 38.4 Å². The molecule has 0 aliphatic rings. The first-order chi connectivity index (χ1) is 18.1. The minimum atomic E-state index is -0.492. The molecule has 0 unspecified atom stereocenters. The summed E-state index contributed by atoms with van der Waals surface area (Å²) in [7, 11) is 4.42. The number of hydrogen-bond acceptors (Lipinski definition) is 8. The quantitative estimate of drug-likeness (QED) is 0.269. The zero-order valence-electron chi connectivity index (χ0n) is 21.0. The Labute approximate surface area is 228 Å². The number of aromatic nitrogens is 3. The second-order valence-electron chi connectivity index (χ2n) is 8.18. The molecule has 38 heavy (non-hydrogen) atoms. The number of pyridine rings is 1. The molecule has 0 spiro atoms. The molecule has 4 N–H and O–H groups in total. The third-order valence-corrected chi connectivity index (χ3v) is 6.69. The molecular weight excluding hydrogens is 531 g/mol. The topological polar surface area (TPSA) is 133 Å². The van der Waals surface area contributed by atoms with Crippen LogP contribution in [-0.4, -0.2) is 34.7 Å². The van der Waals surface area contributed by atoms with Crippen molar-refractivity contribution in [3.63, 3.8) is 0 Å². The summed E-state index contributed by atoms with van der Waals surface area (Å²) in [6.07, 6.45) is 2.66. The maximum atomic E-state index is 13.6. The molecule has 0 saturated heterocycles. The predicted molar refractivity (Wildman–Crippen MR) is 151 cm³/mol. The van der Waals surface area contributed by atoms with Crippen LogP contribution in [0.3, 0.4) is 0 Å². The van der Waals surface area contributed by atoms with Crippen molar-refractivity contribution < 1.29 is 14.3 Å². The molecule has 2 aromatic carbocycles. The number of nitrogens with two attached hydrogens (primary N) is 1. The standard InChI is InChI=1S/C26H24Cl2N6O4/c1-6-17(35)31-14-9-7-8-12(2)23(14)32-26-30-11-13-22(29)19(25(36)34(3)24(13)33-26)18-20(27)15(37-4)10-16(38-5)21(18)28/h6-11H,1,29H2,2-5H3,(H,31,35)(H,30,32,33). The summed E-state index contributed by atoms with van der Waals surface area (Å²) in [5, 5.41) is 6.47. The van der Waals surface area contributed by atoms with Crippen LogP contribution in [0.15, 0.2) is 47.9 Å². The first kappa shape index (κ1) is 26.8. The lowest BCUT2D eigenvalue weighted by molar-refractivity contribution is -0.111. The molecule has 12 heteroatoms. The molecule has 4 aromatic rings. The van der Waals surface area contributed by atoms with Crippen LogP contribution in [-0.2, 0) is 11.8 Å².